The lowest BCUT2D eigenvalue weighted by Crippen LogP contribution is -2.18. The quantitative estimate of drug-likeness (QED) is 0.824. The molecular formula is C15H22O. The predicted octanol–water partition coefficient (Wildman–Crippen LogP) is 3.43. The molecule has 0 saturated heterocycles. The average molecular weight is 218 g/mol. The van der Waals surface area contributed by atoms with Crippen LogP contribution in [0.1, 0.15) is 48.8 Å². The molecule has 1 N–H and O–H groups in total. The lowest BCUT2D eigenvalue weighted by molar-refractivity contribution is 0.243. The summed E-state index contributed by atoms with van der Waals surface area (Å²) in [6.07, 6.45) is 4.76. The number of aryl methyl sites for hydroxylation is 1. The predicted molar refractivity (Wildman–Crippen MR) is 67.7 cm³/mol. The number of hydrogen-bond donors (Lipinski definition) is 1. The standard InChI is InChI=1S/C15H22O/c1-11-5-3-8-15-13(11)6-4-7-14(15)12(2)9-10-16/h3,5,8,12,14,16H,4,6-7,9-10H2,1-2H3. The van der Waals surface area contributed by atoms with Gasteiger partial charge in [0, 0.05) is 6.61 Å². The molecule has 0 aromatic heterocycles. The van der Waals surface area contributed by atoms with Gasteiger partial charge in [0.05, 0.1) is 0 Å². The zero-order valence-electron chi connectivity index (χ0n) is 10.4. The van der Waals surface area contributed by atoms with Crippen LogP contribution in [0.5, 0.6) is 0 Å². The van der Waals surface area contributed by atoms with Gasteiger partial charge < -0.3 is 5.11 Å². The van der Waals surface area contributed by atoms with E-state index in [1.54, 1.807) is 11.1 Å². The molecule has 1 aliphatic rings. The highest BCUT2D eigenvalue weighted by molar-refractivity contribution is 5.38. The van der Waals surface area contributed by atoms with Crippen molar-refractivity contribution in [2.75, 3.05) is 6.61 Å². The summed E-state index contributed by atoms with van der Waals surface area (Å²) in [6, 6.07) is 6.69. The number of hydrogen-bond acceptors (Lipinski definition) is 1. The van der Waals surface area contributed by atoms with Gasteiger partial charge in [0.1, 0.15) is 0 Å². The smallest absolute Gasteiger partial charge is 0.0433 e. The van der Waals surface area contributed by atoms with Gasteiger partial charge >= 0.3 is 0 Å². The lowest BCUT2D eigenvalue weighted by Gasteiger charge is -2.31. The summed E-state index contributed by atoms with van der Waals surface area (Å²) in [5.41, 5.74) is 4.56. The van der Waals surface area contributed by atoms with E-state index in [-0.39, 0.29) is 0 Å². The fraction of sp³-hybridized carbons (Fsp3) is 0.600. The molecule has 0 spiro atoms. The third-order valence-electron chi connectivity index (χ3n) is 4.06. The molecule has 1 nitrogen and oxygen atoms in total. The van der Waals surface area contributed by atoms with Crippen LogP contribution in [0.25, 0.3) is 0 Å². The van der Waals surface area contributed by atoms with Crippen LogP contribution in [0.2, 0.25) is 0 Å². The number of fused-ring (bicyclic) bond motifs is 1. The van der Waals surface area contributed by atoms with Crippen molar-refractivity contribution in [3.8, 4) is 0 Å². The maximum atomic E-state index is 9.07. The van der Waals surface area contributed by atoms with E-state index in [9.17, 15) is 0 Å². The first-order valence-corrected chi connectivity index (χ1v) is 6.43. The Labute approximate surface area is 98.5 Å². The van der Waals surface area contributed by atoms with Crippen molar-refractivity contribution in [1.29, 1.82) is 0 Å². The fourth-order valence-electron chi connectivity index (χ4n) is 3.06. The van der Waals surface area contributed by atoms with Crippen LogP contribution in [0.15, 0.2) is 18.2 Å². The van der Waals surface area contributed by atoms with Crippen molar-refractivity contribution in [3.63, 3.8) is 0 Å². The molecule has 2 atom stereocenters. The van der Waals surface area contributed by atoms with Crippen LogP contribution < -0.4 is 0 Å². The summed E-state index contributed by atoms with van der Waals surface area (Å²) in [5, 5.41) is 9.07. The van der Waals surface area contributed by atoms with Crippen LogP contribution in [0, 0.1) is 12.8 Å². The lowest BCUT2D eigenvalue weighted by atomic mass is 9.74. The van der Waals surface area contributed by atoms with E-state index in [2.05, 4.69) is 32.0 Å². The monoisotopic (exact) mass is 218 g/mol. The Balaban J connectivity index is 2.29. The molecule has 1 heteroatoms. The molecule has 0 amide bonds. The Hall–Kier alpha value is -0.820. The van der Waals surface area contributed by atoms with Crippen molar-refractivity contribution in [2.45, 2.75) is 45.4 Å². The highest BCUT2D eigenvalue weighted by Gasteiger charge is 2.25. The maximum absolute atomic E-state index is 9.07. The second-order valence-corrected chi connectivity index (χ2v) is 5.13. The summed E-state index contributed by atoms with van der Waals surface area (Å²) >= 11 is 0. The Morgan fingerprint density at radius 1 is 1.44 bits per heavy atom. The Morgan fingerprint density at radius 3 is 3.00 bits per heavy atom. The maximum Gasteiger partial charge on any atom is 0.0433 e. The minimum Gasteiger partial charge on any atom is -0.396 e. The minimum absolute atomic E-state index is 0.318. The Kier molecular flexibility index (Phi) is 3.65. The van der Waals surface area contributed by atoms with Crippen molar-refractivity contribution >= 4 is 0 Å². The molecule has 0 saturated carbocycles. The van der Waals surface area contributed by atoms with Crippen LogP contribution >= 0.6 is 0 Å². The zero-order chi connectivity index (χ0) is 11.5. The van der Waals surface area contributed by atoms with Gasteiger partial charge in [0.25, 0.3) is 0 Å². The molecule has 0 aliphatic heterocycles. The van der Waals surface area contributed by atoms with Gasteiger partial charge in [0.15, 0.2) is 0 Å². The number of benzene rings is 1. The van der Waals surface area contributed by atoms with E-state index < -0.39 is 0 Å². The van der Waals surface area contributed by atoms with Gasteiger partial charge in [-0.3, -0.25) is 0 Å². The molecule has 0 radical (unpaired) electrons. The van der Waals surface area contributed by atoms with E-state index in [1.807, 2.05) is 0 Å². The summed E-state index contributed by atoms with van der Waals surface area (Å²) in [6.45, 7) is 4.81. The van der Waals surface area contributed by atoms with Crippen molar-refractivity contribution in [1.82, 2.24) is 0 Å². The van der Waals surface area contributed by atoms with Crippen LogP contribution in [-0.2, 0) is 6.42 Å². The molecule has 0 fully saturated rings. The van der Waals surface area contributed by atoms with Crippen LogP contribution in [-0.4, -0.2) is 11.7 Å². The number of aliphatic hydroxyl groups is 1. The summed E-state index contributed by atoms with van der Waals surface area (Å²) in [4.78, 5) is 0. The third-order valence-corrected chi connectivity index (χ3v) is 4.06. The van der Waals surface area contributed by atoms with Gasteiger partial charge in [-0.25, -0.2) is 0 Å². The number of rotatable bonds is 3. The summed E-state index contributed by atoms with van der Waals surface area (Å²) in [5.74, 6) is 1.27. The first-order chi connectivity index (χ1) is 7.74. The van der Waals surface area contributed by atoms with Crippen LogP contribution in [0.3, 0.4) is 0 Å². The van der Waals surface area contributed by atoms with Gasteiger partial charge in [-0.15, -0.1) is 0 Å². The largest absolute Gasteiger partial charge is 0.396 e. The van der Waals surface area contributed by atoms with E-state index in [0.29, 0.717) is 18.4 Å². The summed E-state index contributed by atoms with van der Waals surface area (Å²) < 4.78 is 0. The Morgan fingerprint density at radius 2 is 2.25 bits per heavy atom. The molecule has 1 aromatic rings. The first-order valence-electron chi connectivity index (χ1n) is 6.43. The zero-order valence-corrected chi connectivity index (χ0v) is 10.4. The van der Waals surface area contributed by atoms with E-state index in [4.69, 9.17) is 5.11 Å². The molecule has 2 unspecified atom stereocenters. The second kappa shape index (κ2) is 5.01. The van der Waals surface area contributed by atoms with Gasteiger partial charge in [-0.05, 0) is 61.1 Å². The van der Waals surface area contributed by atoms with Gasteiger partial charge in [-0.2, -0.15) is 0 Å². The summed E-state index contributed by atoms with van der Waals surface area (Å²) in [7, 11) is 0. The molecule has 0 bridgehead atoms. The van der Waals surface area contributed by atoms with E-state index >= 15 is 0 Å². The van der Waals surface area contributed by atoms with E-state index in [1.165, 1.54) is 24.8 Å². The van der Waals surface area contributed by atoms with Crippen molar-refractivity contribution < 1.29 is 5.11 Å². The minimum atomic E-state index is 0.318. The molecule has 16 heavy (non-hydrogen) atoms. The second-order valence-electron chi connectivity index (χ2n) is 5.13. The fourth-order valence-corrected chi connectivity index (χ4v) is 3.06. The van der Waals surface area contributed by atoms with Crippen molar-refractivity contribution in [3.05, 3.63) is 34.9 Å². The van der Waals surface area contributed by atoms with Gasteiger partial charge in [-0.1, -0.05) is 25.1 Å². The average Bonchev–Trinajstić information content (AvgIpc) is 2.29. The molecule has 88 valence electrons. The molecule has 0 heterocycles. The highest BCUT2D eigenvalue weighted by Crippen LogP contribution is 2.38. The normalized spacial score (nSPS) is 21.6. The van der Waals surface area contributed by atoms with E-state index in [0.717, 1.165) is 6.42 Å². The van der Waals surface area contributed by atoms with Gasteiger partial charge in [0.2, 0.25) is 0 Å². The molecule has 1 aliphatic carbocycles. The number of aliphatic hydroxyl groups excluding tert-OH is 1. The SMILES string of the molecule is Cc1cccc2c1CCCC2C(C)CCO. The Bertz CT molecular complexity index is 356. The molecule has 2 rings (SSSR count). The topological polar surface area (TPSA) is 20.2 Å². The highest BCUT2D eigenvalue weighted by atomic mass is 16.3. The molecular weight excluding hydrogens is 196 g/mol. The van der Waals surface area contributed by atoms with Crippen molar-refractivity contribution in [2.24, 2.45) is 5.92 Å². The van der Waals surface area contributed by atoms with Crippen LogP contribution in [0.4, 0.5) is 0 Å². The molecule has 1 aromatic carbocycles. The third kappa shape index (κ3) is 2.15. The first kappa shape index (κ1) is 11.7.